The first kappa shape index (κ1) is 29.6. The molecular weight excluding hydrogens is 623 g/mol. The lowest BCUT2D eigenvalue weighted by molar-refractivity contribution is 0.735. The summed E-state index contributed by atoms with van der Waals surface area (Å²) in [6, 6.07) is 42.8. The van der Waals surface area contributed by atoms with Crippen molar-refractivity contribution in [3.05, 3.63) is 157 Å². The highest BCUT2D eigenvalue weighted by atomic mass is 15.0. The molecule has 0 saturated carbocycles. The van der Waals surface area contributed by atoms with Crippen LogP contribution in [0.3, 0.4) is 0 Å². The second-order valence-electron chi connectivity index (χ2n) is 13.7. The molecule has 8 aromatic rings. The van der Waals surface area contributed by atoms with E-state index in [1.807, 2.05) is 18.2 Å². The highest BCUT2D eigenvalue weighted by Gasteiger charge is 2.20. The molecule has 0 amide bonds. The molecule has 0 radical (unpaired) electrons. The largest absolute Gasteiger partial charge is 0.310 e. The van der Waals surface area contributed by atoms with Crippen molar-refractivity contribution in [2.75, 3.05) is 0 Å². The van der Waals surface area contributed by atoms with Crippen LogP contribution < -0.4 is 0 Å². The standard InChI is InChI=1S/C46H35N5/c1-30-22-25-34(26-23-30)50-42-21-10-7-18-38(42)39-29-33(24-27-43(39)50)46-48-44(31-12-3-2-4-13-31)47-45(49-46)32-14-11-15-35(28-32)51-40-19-8-5-16-36(40)37-17-6-9-20-41(37)51/h2-5,7-16,18-22,24-30H,6,17,23H2,1H3. The van der Waals surface area contributed by atoms with Crippen molar-refractivity contribution in [2.24, 2.45) is 5.92 Å². The molecule has 3 aromatic heterocycles. The Morgan fingerprint density at radius 3 is 2.02 bits per heavy atom. The van der Waals surface area contributed by atoms with E-state index < -0.39 is 0 Å². The molecule has 5 aromatic carbocycles. The summed E-state index contributed by atoms with van der Waals surface area (Å²) in [4.78, 5) is 15.4. The normalized spacial score (nSPS) is 15.5. The number of aryl methyl sites for hydroxylation is 1. The molecule has 2 aliphatic rings. The molecule has 244 valence electrons. The van der Waals surface area contributed by atoms with Crippen molar-refractivity contribution in [3.8, 4) is 39.9 Å². The van der Waals surface area contributed by atoms with E-state index in [4.69, 9.17) is 15.0 Å². The van der Waals surface area contributed by atoms with E-state index in [0.717, 1.165) is 41.6 Å². The van der Waals surface area contributed by atoms with Gasteiger partial charge in [-0.25, -0.2) is 15.0 Å². The average molecular weight is 658 g/mol. The molecule has 0 aliphatic heterocycles. The summed E-state index contributed by atoms with van der Waals surface area (Å²) in [6.45, 7) is 2.26. The van der Waals surface area contributed by atoms with Gasteiger partial charge in [0.15, 0.2) is 17.5 Å². The number of benzene rings is 5. The monoisotopic (exact) mass is 657 g/mol. The highest BCUT2D eigenvalue weighted by molar-refractivity contribution is 6.11. The Hall–Kier alpha value is -6.33. The zero-order chi connectivity index (χ0) is 33.9. The number of para-hydroxylation sites is 2. The Morgan fingerprint density at radius 2 is 1.24 bits per heavy atom. The van der Waals surface area contributed by atoms with Crippen molar-refractivity contribution in [1.82, 2.24) is 24.1 Å². The number of aromatic nitrogens is 5. The molecule has 0 fully saturated rings. The first-order chi connectivity index (χ1) is 25.2. The number of nitrogens with zero attached hydrogens (tertiary/aromatic N) is 5. The Bertz CT molecular complexity index is 2740. The molecule has 1 atom stereocenters. The summed E-state index contributed by atoms with van der Waals surface area (Å²) in [6.07, 6.45) is 14.6. The summed E-state index contributed by atoms with van der Waals surface area (Å²) in [5, 5.41) is 3.71. The minimum Gasteiger partial charge on any atom is -0.310 e. The maximum atomic E-state index is 5.19. The second-order valence-corrected chi connectivity index (χ2v) is 13.7. The Morgan fingerprint density at radius 1 is 0.569 bits per heavy atom. The summed E-state index contributed by atoms with van der Waals surface area (Å²) in [7, 11) is 0. The van der Waals surface area contributed by atoms with Gasteiger partial charge in [-0.15, -0.1) is 0 Å². The van der Waals surface area contributed by atoms with Gasteiger partial charge in [0.25, 0.3) is 0 Å². The first-order valence-corrected chi connectivity index (χ1v) is 17.8. The Kier molecular flexibility index (Phi) is 6.91. The van der Waals surface area contributed by atoms with Crippen LogP contribution in [0.2, 0.25) is 0 Å². The lowest BCUT2D eigenvalue weighted by Gasteiger charge is -2.15. The first-order valence-electron chi connectivity index (χ1n) is 17.8. The van der Waals surface area contributed by atoms with Gasteiger partial charge < -0.3 is 9.13 Å². The molecule has 2 aliphatic carbocycles. The van der Waals surface area contributed by atoms with E-state index in [0.29, 0.717) is 23.4 Å². The van der Waals surface area contributed by atoms with E-state index in [1.165, 1.54) is 49.7 Å². The highest BCUT2D eigenvalue weighted by Crippen LogP contribution is 2.37. The quantitative estimate of drug-likeness (QED) is 0.185. The van der Waals surface area contributed by atoms with Crippen molar-refractivity contribution in [1.29, 1.82) is 0 Å². The lowest BCUT2D eigenvalue weighted by atomic mass is 10.0. The number of hydrogen-bond acceptors (Lipinski definition) is 3. The van der Waals surface area contributed by atoms with Crippen molar-refractivity contribution in [3.63, 3.8) is 0 Å². The van der Waals surface area contributed by atoms with Crippen LogP contribution in [0.1, 0.15) is 31.0 Å². The van der Waals surface area contributed by atoms with Crippen molar-refractivity contribution < 1.29 is 0 Å². The van der Waals surface area contributed by atoms with E-state index >= 15 is 0 Å². The van der Waals surface area contributed by atoms with Crippen LogP contribution in [-0.2, 0) is 6.42 Å². The maximum Gasteiger partial charge on any atom is 0.164 e. The zero-order valence-corrected chi connectivity index (χ0v) is 28.4. The van der Waals surface area contributed by atoms with Crippen LogP contribution in [0.25, 0.3) is 84.3 Å². The minimum absolute atomic E-state index is 0.552. The molecule has 0 spiro atoms. The van der Waals surface area contributed by atoms with Gasteiger partial charge in [0.2, 0.25) is 0 Å². The number of rotatable bonds is 5. The van der Waals surface area contributed by atoms with Gasteiger partial charge in [0.05, 0.1) is 16.6 Å². The topological polar surface area (TPSA) is 48.5 Å². The molecule has 1 unspecified atom stereocenters. The smallest absolute Gasteiger partial charge is 0.164 e. The van der Waals surface area contributed by atoms with Crippen LogP contribution in [0.15, 0.2) is 146 Å². The molecule has 3 heterocycles. The Balaban J connectivity index is 1.15. The third kappa shape index (κ3) is 4.96. The van der Waals surface area contributed by atoms with Crippen LogP contribution in [0, 0.1) is 5.92 Å². The van der Waals surface area contributed by atoms with Crippen LogP contribution in [-0.4, -0.2) is 24.1 Å². The average Bonchev–Trinajstić information content (AvgIpc) is 3.71. The van der Waals surface area contributed by atoms with E-state index in [1.54, 1.807) is 0 Å². The van der Waals surface area contributed by atoms with Gasteiger partial charge in [-0.3, -0.25) is 0 Å². The molecule has 51 heavy (non-hydrogen) atoms. The van der Waals surface area contributed by atoms with Gasteiger partial charge >= 0.3 is 0 Å². The molecule has 0 N–H and O–H groups in total. The van der Waals surface area contributed by atoms with Gasteiger partial charge in [0.1, 0.15) is 0 Å². The van der Waals surface area contributed by atoms with Crippen molar-refractivity contribution >= 4 is 44.5 Å². The Labute approximate surface area is 296 Å². The number of hydrogen-bond donors (Lipinski definition) is 0. The summed E-state index contributed by atoms with van der Waals surface area (Å²) in [5.74, 6) is 2.51. The second kappa shape index (κ2) is 11.9. The van der Waals surface area contributed by atoms with Gasteiger partial charge in [0, 0.05) is 49.9 Å². The predicted molar refractivity (Wildman–Crippen MR) is 211 cm³/mol. The van der Waals surface area contributed by atoms with Crippen LogP contribution in [0.5, 0.6) is 0 Å². The van der Waals surface area contributed by atoms with Crippen LogP contribution >= 0.6 is 0 Å². The molecule has 0 saturated heterocycles. The fraction of sp³-hybridized carbons (Fsp3) is 0.109. The van der Waals surface area contributed by atoms with Gasteiger partial charge in [-0.05, 0) is 85.4 Å². The summed E-state index contributed by atoms with van der Waals surface area (Å²) in [5.41, 5.74) is 11.4. The predicted octanol–water partition coefficient (Wildman–Crippen LogP) is 11.3. The van der Waals surface area contributed by atoms with Crippen molar-refractivity contribution in [2.45, 2.75) is 26.2 Å². The number of fused-ring (bicyclic) bond motifs is 6. The molecule has 5 nitrogen and oxygen atoms in total. The molecule has 10 rings (SSSR count). The van der Waals surface area contributed by atoms with Gasteiger partial charge in [-0.2, -0.15) is 0 Å². The maximum absolute atomic E-state index is 5.19. The molecular formula is C46H35N5. The summed E-state index contributed by atoms with van der Waals surface area (Å²) < 4.78 is 4.76. The third-order valence-corrected chi connectivity index (χ3v) is 10.4. The fourth-order valence-corrected chi connectivity index (χ4v) is 7.87. The van der Waals surface area contributed by atoms with E-state index in [2.05, 4.69) is 150 Å². The van der Waals surface area contributed by atoms with Gasteiger partial charge in [-0.1, -0.05) is 104 Å². The van der Waals surface area contributed by atoms with E-state index in [-0.39, 0.29) is 0 Å². The summed E-state index contributed by atoms with van der Waals surface area (Å²) >= 11 is 0. The molecule has 0 bridgehead atoms. The minimum atomic E-state index is 0.552. The third-order valence-electron chi connectivity index (χ3n) is 10.4. The fourth-order valence-electron chi connectivity index (χ4n) is 7.87. The van der Waals surface area contributed by atoms with E-state index in [9.17, 15) is 0 Å². The SMILES string of the molecule is CC1C=CC(n2c3ccccc3c3cc(-c4nc(-c5ccccc5)nc(-c5cccc(-n6c7c(c8ccccc86)CCC=C7)c5)n4)ccc32)=CC1. The molecule has 5 heteroatoms. The number of allylic oxidation sites excluding steroid dienone is 5. The lowest BCUT2D eigenvalue weighted by Crippen LogP contribution is -2.03. The van der Waals surface area contributed by atoms with Crippen LogP contribution in [0.4, 0.5) is 0 Å². The zero-order valence-electron chi connectivity index (χ0n) is 28.4.